The molecule has 2 aromatic rings. The Morgan fingerprint density at radius 1 is 1.33 bits per heavy atom. The SMILES string of the molecule is Nc1nc2c(o1)CCN(Cc1ccc(Cl)cc1)C2. The molecule has 1 aliphatic rings. The predicted octanol–water partition coefficient (Wildman–Crippen LogP) is 2.47. The molecule has 0 atom stereocenters. The van der Waals surface area contributed by atoms with Crippen LogP contribution in [0.4, 0.5) is 6.01 Å². The number of nitrogens with zero attached hydrogens (tertiary/aromatic N) is 2. The molecular formula is C13H14ClN3O. The monoisotopic (exact) mass is 263 g/mol. The van der Waals surface area contributed by atoms with E-state index in [1.165, 1.54) is 5.56 Å². The van der Waals surface area contributed by atoms with Crippen LogP contribution < -0.4 is 5.73 Å². The predicted molar refractivity (Wildman–Crippen MR) is 70.2 cm³/mol. The quantitative estimate of drug-likeness (QED) is 0.904. The molecule has 0 spiro atoms. The second-order valence-corrected chi connectivity index (χ2v) is 4.95. The maximum Gasteiger partial charge on any atom is 0.292 e. The van der Waals surface area contributed by atoms with E-state index in [0.29, 0.717) is 0 Å². The lowest BCUT2D eigenvalue weighted by Crippen LogP contribution is -2.29. The minimum Gasteiger partial charge on any atom is -0.429 e. The highest BCUT2D eigenvalue weighted by atomic mass is 35.5. The molecule has 1 aliphatic heterocycles. The van der Waals surface area contributed by atoms with E-state index in [-0.39, 0.29) is 6.01 Å². The number of fused-ring (bicyclic) bond motifs is 1. The van der Waals surface area contributed by atoms with E-state index >= 15 is 0 Å². The summed E-state index contributed by atoms with van der Waals surface area (Å²) in [5.41, 5.74) is 7.78. The Balaban J connectivity index is 1.70. The topological polar surface area (TPSA) is 55.3 Å². The summed E-state index contributed by atoms with van der Waals surface area (Å²) in [7, 11) is 0. The van der Waals surface area contributed by atoms with E-state index in [2.05, 4.69) is 22.0 Å². The van der Waals surface area contributed by atoms with Crippen molar-refractivity contribution in [3.63, 3.8) is 0 Å². The van der Waals surface area contributed by atoms with Gasteiger partial charge in [-0.1, -0.05) is 23.7 Å². The minimum absolute atomic E-state index is 0.272. The number of halogens is 1. The lowest BCUT2D eigenvalue weighted by Gasteiger charge is -2.25. The number of hydrogen-bond acceptors (Lipinski definition) is 4. The molecule has 0 unspecified atom stereocenters. The van der Waals surface area contributed by atoms with Crippen LogP contribution in [0, 0.1) is 0 Å². The molecule has 0 amide bonds. The van der Waals surface area contributed by atoms with Gasteiger partial charge in [0.1, 0.15) is 5.76 Å². The lowest BCUT2D eigenvalue weighted by atomic mass is 10.1. The van der Waals surface area contributed by atoms with Crippen LogP contribution in [-0.2, 0) is 19.5 Å². The zero-order valence-corrected chi connectivity index (χ0v) is 10.7. The molecule has 0 bridgehead atoms. The van der Waals surface area contributed by atoms with Crippen LogP contribution in [-0.4, -0.2) is 16.4 Å². The van der Waals surface area contributed by atoms with Gasteiger partial charge in [-0.05, 0) is 17.7 Å². The largest absolute Gasteiger partial charge is 0.429 e. The van der Waals surface area contributed by atoms with Crippen molar-refractivity contribution in [2.45, 2.75) is 19.5 Å². The molecule has 18 heavy (non-hydrogen) atoms. The first-order valence-corrected chi connectivity index (χ1v) is 6.29. The van der Waals surface area contributed by atoms with Crippen molar-refractivity contribution in [3.8, 4) is 0 Å². The van der Waals surface area contributed by atoms with E-state index < -0.39 is 0 Å². The summed E-state index contributed by atoms with van der Waals surface area (Å²) in [6, 6.07) is 8.21. The van der Waals surface area contributed by atoms with Crippen LogP contribution in [0.5, 0.6) is 0 Å². The van der Waals surface area contributed by atoms with Crippen molar-refractivity contribution in [3.05, 3.63) is 46.3 Å². The van der Waals surface area contributed by atoms with Crippen LogP contribution in [0.2, 0.25) is 5.02 Å². The highest BCUT2D eigenvalue weighted by Crippen LogP contribution is 2.22. The van der Waals surface area contributed by atoms with Gasteiger partial charge in [-0.2, -0.15) is 4.98 Å². The van der Waals surface area contributed by atoms with Crippen molar-refractivity contribution in [1.29, 1.82) is 0 Å². The summed E-state index contributed by atoms with van der Waals surface area (Å²) >= 11 is 5.87. The van der Waals surface area contributed by atoms with E-state index in [1.807, 2.05) is 12.1 Å². The van der Waals surface area contributed by atoms with Gasteiger partial charge in [-0.25, -0.2) is 0 Å². The molecule has 0 fully saturated rings. The first kappa shape index (κ1) is 11.6. The lowest BCUT2D eigenvalue weighted by molar-refractivity contribution is 0.232. The van der Waals surface area contributed by atoms with Crippen LogP contribution in [0.3, 0.4) is 0 Å². The van der Waals surface area contributed by atoms with Crippen molar-refractivity contribution < 1.29 is 4.42 Å². The number of nitrogen functional groups attached to an aromatic ring is 1. The Kier molecular flexibility index (Phi) is 2.97. The van der Waals surface area contributed by atoms with Gasteiger partial charge in [0, 0.05) is 31.1 Å². The normalized spacial score (nSPS) is 15.6. The maximum atomic E-state index is 5.87. The van der Waals surface area contributed by atoms with Crippen molar-refractivity contribution in [2.24, 2.45) is 0 Å². The van der Waals surface area contributed by atoms with E-state index in [9.17, 15) is 0 Å². The fourth-order valence-electron chi connectivity index (χ4n) is 2.26. The number of hydrogen-bond donors (Lipinski definition) is 1. The molecule has 2 heterocycles. The van der Waals surface area contributed by atoms with Crippen LogP contribution in [0.1, 0.15) is 17.0 Å². The molecule has 0 aliphatic carbocycles. The summed E-state index contributed by atoms with van der Waals surface area (Å²) in [6.45, 7) is 2.65. The first-order valence-electron chi connectivity index (χ1n) is 5.91. The number of aromatic nitrogens is 1. The molecule has 94 valence electrons. The van der Waals surface area contributed by atoms with E-state index in [0.717, 1.165) is 42.5 Å². The van der Waals surface area contributed by atoms with Gasteiger partial charge in [0.05, 0.1) is 5.69 Å². The molecule has 1 aromatic heterocycles. The van der Waals surface area contributed by atoms with Crippen LogP contribution >= 0.6 is 11.6 Å². The molecule has 0 saturated carbocycles. The molecule has 4 nitrogen and oxygen atoms in total. The second-order valence-electron chi connectivity index (χ2n) is 4.51. The van der Waals surface area contributed by atoms with Gasteiger partial charge in [-0.3, -0.25) is 4.90 Å². The third-order valence-electron chi connectivity index (χ3n) is 3.14. The number of nitrogens with two attached hydrogens (primary N) is 1. The van der Waals surface area contributed by atoms with Crippen LogP contribution in [0.15, 0.2) is 28.7 Å². The van der Waals surface area contributed by atoms with Crippen molar-refractivity contribution >= 4 is 17.6 Å². The Hall–Kier alpha value is -1.52. The Bertz CT molecular complexity index is 550. The molecular weight excluding hydrogens is 250 g/mol. The van der Waals surface area contributed by atoms with Gasteiger partial charge in [-0.15, -0.1) is 0 Å². The Labute approximate surface area is 110 Å². The second kappa shape index (κ2) is 4.63. The summed E-state index contributed by atoms with van der Waals surface area (Å²) in [4.78, 5) is 6.53. The number of oxazole rings is 1. The third-order valence-corrected chi connectivity index (χ3v) is 3.39. The summed E-state index contributed by atoms with van der Waals surface area (Å²) < 4.78 is 5.34. The third kappa shape index (κ3) is 2.35. The molecule has 5 heteroatoms. The fourth-order valence-corrected chi connectivity index (χ4v) is 2.38. The van der Waals surface area contributed by atoms with Gasteiger partial charge in [0.15, 0.2) is 0 Å². The van der Waals surface area contributed by atoms with E-state index in [4.69, 9.17) is 21.8 Å². The summed E-state index contributed by atoms with van der Waals surface area (Å²) in [5.74, 6) is 0.930. The van der Waals surface area contributed by atoms with Gasteiger partial charge >= 0.3 is 0 Å². The minimum atomic E-state index is 0.272. The molecule has 0 saturated heterocycles. The van der Waals surface area contributed by atoms with Gasteiger partial charge in [0.25, 0.3) is 6.01 Å². The highest BCUT2D eigenvalue weighted by molar-refractivity contribution is 6.30. The van der Waals surface area contributed by atoms with Gasteiger partial charge < -0.3 is 10.2 Å². The maximum absolute atomic E-state index is 5.87. The smallest absolute Gasteiger partial charge is 0.292 e. The van der Waals surface area contributed by atoms with E-state index in [1.54, 1.807) is 0 Å². The molecule has 1 aromatic carbocycles. The summed E-state index contributed by atoms with van der Waals surface area (Å²) in [5, 5.41) is 0.768. The average molecular weight is 264 g/mol. The molecule has 3 rings (SSSR count). The Morgan fingerprint density at radius 3 is 2.89 bits per heavy atom. The number of benzene rings is 1. The molecule has 2 N–H and O–H groups in total. The van der Waals surface area contributed by atoms with Crippen molar-refractivity contribution in [2.75, 3.05) is 12.3 Å². The summed E-state index contributed by atoms with van der Waals surface area (Å²) in [6.07, 6.45) is 0.868. The fraction of sp³-hybridized carbons (Fsp3) is 0.308. The number of rotatable bonds is 2. The zero-order chi connectivity index (χ0) is 12.5. The van der Waals surface area contributed by atoms with Crippen LogP contribution in [0.25, 0.3) is 0 Å². The van der Waals surface area contributed by atoms with Crippen molar-refractivity contribution in [1.82, 2.24) is 9.88 Å². The number of anilines is 1. The highest BCUT2D eigenvalue weighted by Gasteiger charge is 2.21. The standard InChI is InChI=1S/C13H14ClN3O/c14-10-3-1-9(2-4-10)7-17-6-5-12-11(8-17)16-13(15)18-12/h1-4H,5-8H2,(H2,15,16). The average Bonchev–Trinajstić information content (AvgIpc) is 2.71. The van der Waals surface area contributed by atoms with Gasteiger partial charge in [0.2, 0.25) is 0 Å². The first-order chi connectivity index (χ1) is 8.70. The Morgan fingerprint density at radius 2 is 2.11 bits per heavy atom. The molecule has 0 radical (unpaired) electrons. The zero-order valence-electron chi connectivity index (χ0n) is 9.90.